The Kier molecular flexibility index (Phi) is 7.54. The van der Waals surface area contributed by atoms with Crippen molar-refractivity contribution in [3.05, 3.63) is 71.8 Å². The largest absolute Gasteiger partial charge is 0.356 e. The van der Waals surface area contributed by atoms with Crippen LogP contribution in [0, 0.1) is 0 Å². The molecule has 0 spiro atoms. The molecule has 25 heavy (non-hydrogen) atoms. The van der Waals surface area contributed by atoms with E-state index < -0.39 is 27.9 Å². The first-order chi connectivity index (χ1) is 11.9. The van der Waals surface area contributed by atoms with E-state index in [1.807, 2.05) is 12.1 Å². The predicted molar refractivity (Wildman–Crippen MR) is 92.9 cm³/mol. The van der Waals surface area contributed by atoms with Gasteiger partial charge in [-0.3, -0.25) is 9.13 Å². The average molecular weight is 386 g/mol. The van der Waals surface area contributed by atoms with Crippen molar-refractivity contribution in [1.82, 2.24) is 0 Å². The second kappa shape index (κ2) is 9.41. The molecule has 0 bridgehead atoms. The third-order valence-electron chi connectivity index (χ3n) is 3.06. The van der Waals surface area contributed by atoms with Crippen LogP contribution in [0.15, 0.2) is 60.7 Å². The van der Waals surface area contributed by atoms with Crippen LogP contribution in [0.2, 0.25) is 0 Å². The Hall–Kier alpha value is -1.30. The highest BCUT2D eigenvalue weighted by molar-refractivity contribution is 7.53. The van der Waals surface area contributed by atoms with Crippen LogP contribution in [0.1, 0.15) is 11.1 Å². The summed E-state index contributed by atoms with van der Waals surface area (Å²) < 4.78 is 38.4. The third kappa shape index (κ3) is 8.08. The molecule has 0 saturated carbocycles. The van der Waals surface area contributed by atoms with Crippen molar-refractivity contribution >= 4 is 15.2 Å². The molecule has 2 aromatic rings. The SMILES string of the molecule is O=P(O)(COCP(=O)(O)OCc1ccccc1)OCc1ccccc1. The van der Waals surface area contributed by atoms with E-state index in [0.717, 1.165) is 11.1 Å². The summed E-state index contributed by atoms with van der Waals surface area (Å²) in [6.45, 7) is -0.113. The lowest BCUT2D eigenvalue weighted by Gasteiger charge is -2.15. The van der Waals surface area contributed by atoms with Crippen LogP contribution in [-0.2, 0) is 36.1 Å². The Morgan fingerprint density at radius 3 is 1.40 bits per heavy atom. The molecule has 0 heterocycles. The van der Waals surface area contributed by atoms with Gasteiger partial charge in [-0.15, -0.1) is 0 Å². The minimum Gasteiger partial charge on any atom is -0.356 e. The zero-order chi connectivity index (χ0) is 18.2. The summed E-state index contributed by atoms with van der Waals surface area (Å²) in [6.07, 6.45) is -1.39. The summed E-state index contributed by atoms with van der Waals surface area (Å²) >= 11 is 0. The molecule has 0 aromatic heterocycles. The first-order valence-electron chi connectivity index (χ1n) is 7.45. The second-order valence-corrected chi connectivity index (χ2v) is 8.84. The molecule has 0 saturated heterocycles. The molecule has 0 aliphatic carbocycles. The van der Waals surface area contributed by atoms with E-state index >= 15 is 0 Å². The van der Waals surface area contributed by atoms with Gasteiger partial charge in [0.05, 0.1) is 13.2 Å². The molecule has 7 nitrogen and oxygen atoms in total. The van der Waals surface area contributed by atoms with Crippen molar-refractivity contribution in [3.8, 4) is 0 Å². The molecule has 2 atom stereocenters. The van der Waals surface area contributed by atoms with Gasteiger partial charge in [-0.1, -0.05) is 60.7 Å². The summed E-state index contributed by atoms with van der Waals surface area (Å²) in [4.78, 5) is 19.4. The molecular weight excluding hydrogens is 366 g/mol. The molecule has 2 aromatic carbocycles. The summed E-state index contributed by atoms with van der Waals surface area (Å²) in [5.41, 5.74) is 1.46. The Balaban J connectivity index is 1.72. The van der Waals surface area contributed by atoms with E-state index in [9.17, 15) is 18.9 Å². The lowest BCUT2D eigenvalue weighted by Crippen LogP contribution is -2.04. The lowest BCUT2D eigenvalue weighted by atomic mass is 10.2. The number of hydrogen-bond donors (Lipinski definition) is 2. The van der Waals surface area contributed by atoms with Crippen molar-refractivity contribution in [3.63, 3.8) is 0 Å². The Morgan fingerprint density at radius 2 is 1.04 bits per heavy atom. The standard InChI is InChI=1S/C16H20O7P2/c17-24(18,22-11-15-7-3-1-4-8-15)13-21-14-25(19,20)23-12-16-9-5-2-6-10-16/h1-10H,11-14H2,(H,17,18)(H,19,20). The zero-order valence-corrected chi connectivity index (χ0v) is 15.2. The molecule has 0 aliphatic rings. The van der Waals surface area contributed by atoms with Crippen molar-refractivity contribution < 1.29 is 32.7 Å². The topological polar surface area (TPSA) is 102 Å². The highest BCUT2D eigenvalue weighted by Crippen LogP contribution is 2.47. The maximum absolute atomic E-state index is 11.8. The maximum atomic E-state index is 11.8. The molecule has 2 unspecified atom stereocenters. The number of ether oxygens (including phenoxy) is 1. The van der Waals surface area contributed by atoms with Crippen LogP contribution in [0.3, 0.4) is 0 Å². The Labute approximate surface area is 146 Å². The molecule has 0 radical (unpaired) electrons. The fourth-order valence-corrected chi connectivity index (χ4v) is 3.48. The van der Waals surface area contributed by atoms with Gasteiger partial charge in [0.25, 0.3) is 0 Å². The normalized spacial score (nSPS) is 16.1. The second-order valence-electron chi connectivity index (χ2n) is 5.26. The van der Waals surface area contributed by atoms with Crippen LogP contribution < -0.4 is 0 Å². The molecule has 2 N–H and O–H groups in total. The van der Waals surface area contributed by atoms with Gasteiger partial charge < -0.3 is 23.6 Å². The summed E-state index contributed by atoms with van der Waals surface area (Å²) in [7, 11) is -8.06. The highest BCUT2D eigenvalue weighted by atomic mass is 31.2. The fourth-order valence-electron chi connectivity index (χ4n) is 1.85. The van der Waals surface area contributed by atoms with Crippen molar-refractivity contribution in [1.29, 1.82) is 0 Å². The van der Waals surface area contributed by atoms with Crippen LogP contribution in [0.5, 0.6) is 0 Å². The van der Waals surface area contributed by atoms with Gasteiger partial charge in [-0.25, -0.2) is 0 Å². The van der Waals surface area contributed by atoms with Crippen LogP contribution in [-0.4, -0.2) is 22.5 Å². The van der Waals surface area contributed by atoms with E-state index in [1.165, 1.54) is 0 Å². The average Bonchev–Trinajstić information content (AvgIpc) is 2.60. The number of rotatable bonds is 10. The van der Waals surface area contributed by atoms with Crippen molar-refractivity contribution in [2.24, 2.45) is 0 Å². The van der Waals surface area contributed by atoms with Crippen LogP contribution in [0.4, 0.5) is 0 Å². The smallest absolute Gasteiger partial charge is 0.353 e. The Morgan fingerprint density at radius 1 is 0.680 bits per heavy atom. The van der Waals surface area contributed by atoms with Gasteiger partial charge >= 0.3 is 15.2 Å². The molecular formula is C16H20O7P2. The van der Waals surface area contributed by atoms with Gasteiger partial charge in [0.2, 0.25) is 0 Å². The van der Waals surface area contributed by atoms with Gasteiger partial charge in [0, 0.05) is 0 Å². The predicted octanol–water partition coefficient (Wildman–Crippen LogP) is 3.72. The first-order valence-corrected chi connectivity index (χ1v) is 11.0. The molecule has 136 valence electrons. The minimum atomic E-state index is -4.03. The molecule has 0 aliphatic heterocycles. The third-order valence-corrected chi connectivity index (χ3v) is 5.14. The molecule has 9 heteroatoms. The monoisotopic (exact) mass is 386 g/mol. The van der Waals surface area contributed by atoms with Crippen LogP contribution in [0.25, 0.3) is 0 Å². The van der Waals surface area contributed by atoms with E-state index in [-0.39, 0.29) is 13.2 Å². The van der Waals surface area contributed by atoms with Gasteiger partial charge in [-0.05, 0) is 11.1 Å². The van der Waals surface area contributed by atoms with Crippen LogP contribution >= 0.6 is 15.2 Å². The number of benzene rings is 2. The van der Waals surface area contributed by atoms with E-state index in [0.29, 0.717) is 0 Å². The summed E-state index contributed by atoms with van der Waals surface area (Å²) in [5, 5.41) is 0. The quantitative estimate of drug-likeness (QED) is 0.600. The molecule has 0 fully saturated rings. The summed E-state index contributed by atoms with van der Waals surface area (Å²) in [6, 6.07) is 17.8. The number of hydrogen-bond acceptors (Lipinski definition) is 5. The van der Waals surface area contributed by atoms with E-state index in [4.69, 9.17) is 13.8 Å². The van der Waals surface area contributed by atoms with E-state index in [2.05, 4.69) is 0 Å². The maximum Gasteiger partial charge on any atom is 0.353 e. The Bertz CT molecular complexity index is 673. The summed E-state index contributed by atoms with van der Waals surface area (Å²) in [5.74, 6) is 0. The molecule has 2 rings (SSSR count). The lowest BCUT2D eigenvalue weighted by molar-refractivity contribution is 0.147. The van der Waals surface area contributed by atoms with Gasteiger partial charge in [0.1, 0.15) is 12.7 Å². The fraction of sp³-hybridized carbons (Fsp3) is 0.250. The first kappa shape index (κ1) is 20.0. The zero-order valence-electron chi connectivity index (χ0n) is 13.4. The van der Waals surface area contributed by atoms with Gasteiger partial charge in [-0.2, -0.15) is 0 Å². The minimum absolute atomic E-state index is 0.0563. The van der Waals surface area contributed by atoms with Gasteiger partial charge in [0.15, 0.2) is 0 Å². The van der Waals surface area contributed by atoms with E-state index in [1.54, 1.807) is 48.5 Å². The molecule has 0 amide bonds. The highest BCUT2D eigenvalue weighted by Gasteiger charge is 2.25. The van der Waals surface area contributed by atoms with Crippen molar-refractivity contribution in [2.45, 2.75) is 13.2 Å². The van der Waals surface area contributed by atoms with Crippen molar-refractivity contribution in [2.75, 3.05) is 12.7 Å².